The van der Waals surface area contributed by atoms with Gasteiger partial charge in [0, 0.05) is 12.6 Å². The van der Waals surface area contributed by atoms with Crippen molar-refractivity contribution in [1.82, 2.24) is 9.97 Å². The molecule has 1 fully saturated rings. The number of aliphatic hydroxyl groups is 1. The monoisotopic (exact) mass is 310 g/mol. The summed E-state index contributed by atoms with van der Waals surface area (Å²) in [5, 5.41) is 13.1. The van der Waals surface area contributed by atoms with Gasteiger partial charge in [-0.3, -0.25) is 0 Å². The van der Waals surface area contributed by atoms with E-state index < -0.39 is 0 Å². The molecule has 0 saturated carbocycles. The zero-order chi connectivity index (χ0) is 15.6. The van der Waals surface area contributed by atoms with E-state index in [1.54, 1.807) is 6.33 Å². The van der Waals surface area contributed by atoms with Gasteiger partial charge >= 0.3 is 0 Å². The van der Waals surface area contributed by atoms with Crippen molar-refractivity contribution in [2.24, 2.45) is 0 Å². The van der Waals surface area contributed by atoms with Gasteiger partial charge in [0.15, 0.2) is 0 Å². The maximum atomic E-state index is 9.51. The van der Waals surface area contributed by atoms with Crippen molar-refractivity contribution in [3.8, 4) is 0 Å². The number of anilines is 2. The molecule has 0 amide bonds. The topological polar surface area (TPSA) is 61.3 Å². The van der Waals surface area contributed by atoms with E-state index in [4.69, 9.17) is 0 Å². The van der Waals surface area contributed by atoms with E-state index in [0.717, 1.165) is 43.9 Å². The van der Waals surface area contributed by atoms with Gasteiger partial charge < -0.3 is 15.3 Å². The van der Waals surface area contributed by atoms with Gasteiger partial charge in [0.2, 0.25) is 0 Å². The van der Waals surface area contributed by atoms with E-state index in [9.17, 15) is 5.11 Å². The van der Waals surface area contributed by atoms with Crippen molar-refractivity contribution in [3.63, 3.8) is 0 Å². The Labute approximate surface area is 136 Å². The van der Waals surface area contributed by atoms with Gasteiger partial charge in [-0.05, 0) is 36.8 Å². The zero-order valence-corrected chi connectivity index (χ0v) is 13.2. The summed E-state index contributed by atoms with van der Waals surface area (Å²) in [5.74, 6) is 1.77. The van der Waals surface area contributed by atoms with E-state index in [-0.39, 0.29) is 12.6 Å². The predicted octanol–water partition coefficient (Wildman–Crippen LogP) is 2.54. The van der Waals surface area contributed by atoms with Gasteiger partial charge in [-0.15, -0.1) is 0 Å². The Hall–Kier alpha value is -2.14. The summed E-state index contributed by atoms with van der Waals surface area (Å²) in [6, 6.07) is 11.1. The van der Waals surface area contributed by atoms with Crippen molar-refractivity contribution < 1.29 is 5.11 Å². The van der Waals surface area contributed by atoms with Gasteiger partial charge in [-0.25, -0.2) is 9.97 Å². The third kappa shape index (κ3) is 2.77. The summed E-state index contributed by atoms with van der Waals surface area (Å²) >= 11 is 0. The van der Waals surface area contributed by atoms with Crippen molar-refractivity contribution >= 4 is 11.6 Å². The van der Waals surface area contributed by atoms with Crippen molar-refractivity contribution in [3.05, 3.63) is 47.8 Å². The molecule has 2 heterocycles. The van der Waals surface area contributed by atoms with Crippen LogP contribution in [0.2, 0.25) is 0 Å². The first-order chi connectivity index (χ1) is 11.3. The number of hydrogen-bond donors (Lipinski definition) is 2. The van der Waals surface area contributed by atoms with Crippen LogP contribution >= 0.6 is 0 Å². The molecule has 5 heteroatoms. The molecule has 4 rings (SSSR count). The van der Waals surface area contributed by atoms with E-state index >= 15 is 0 Å². The third-order valence-electron chi connectivity index (χ3n) is 4.99. The quantitative estimate of drug-likeness (QED) is 0.909. The van der Waals surface area contributed by atoms with E-state index in [0.29, 0.717) is 6.04 Å². The molecule has 120 valence electrons. The van der Waals surface area contributed by atoms with Crippen LogP contribution in [-0.4, -0.2) is 34.3 Å². The summed E-state index contributed by atoms with van der Waals surface area (Å²) in [6.07, 6.45) is 5.96. The lowest BCUT2D eigenvalue weighted by Gasteiger charge is -2.24. The molecule has 1 aliphatic carbocycles. The maximum Gasteiger partial charge on any atom is 0.134 e. The molecule has 5 nitrogen and oxygen atoms in total. The number of benzene rings is 1. The molecule has 1 aliphatic heterocycles. The lowest BCUT2D eigenvalue weighted by molar-refractivity contribution is 0.266. The second-order valence-corrected chi connectivity index (χ2v) is 6.37. The molecule has 2 atom stereocenters. The van der Waals surface area contributed by atoms with Gasteiger partial charge in [0.1, 0.15) is 18.0 Å². The highest BCUT2D eigenvalue weighted by atomic mass is 16.3. The van der Waals surface area contributed by atoms with Crippen LogP contribution in [0.5, 0.6) is 0 Å². The van der Waals surface area contributed by atoms with Crippen LogP contribution in [0.25, 0.3) is 0 Å². The molecule has 2 aromatic rings. The SMILES string of the molecule is OC[C@@H]1CCCN1c1cc(N[C@H]2CCc3ccccc32)ncn1. The maximum absolute atomic E-state index is 9.51. The standard InChI is InChI=1S/C18H22N4O/c23-11-14-5-3-9-22(14)18-10-17(19-12-20-18)21-16-8-7-13-4-1-2-6-15(13)16/h1-2,4,6,10,12,14,16,23H,3,5,7-9,11H2,(H,19,20,21)/t14-,16-/m0/s1. The summed E-state index contributed by atoms with van der Waals surface area (Å²) in [7, 11) is 0. The molecule has 2 N–H and O–H groups in total. The molecule has 2 aliphatic rings. The number of fused-ring (bicyclic) bond motifs is 1. The van der Waals surface area contributed by atoms with Gasteiger partial charge in [-0.2, -0.15) is 0 Å². The Kier molecular flexibility index (Phi) is 3.87. The molecular weight excluding hydrogens is 288 g/mol. The number of nitrogens with one attached hydrogen (secondary N) is 1. The minimum Gasteiger partial charge on any atom is -0.394 e. The van der Waals surface area contributed by atoms with Crippen LogP contribution in [-0.2, 0) is 6.42 Å². The number of aromatic nitrogens is 2. The minimum absolute atomic E-state index is 0.183. The summed E-state index contributed by atoms with van der Waals surface area (Å²) in [6.45, 7) is 1.14. The Morgan fingerprint density at radius 2 is 2.13 bits per heavy atom. The first kappa shape index (κ1) is 14.5. The molecule has 1 aromatic heterocycles. The smallest absolute Gasteiger partial charge is 0.134 e. The fourth-order valence-electron chi connectivity index (χ4n) is 3.80. The number of rotatable bonds is 4. The largest absolute Gasteiger partial charge is 0.394 e. The fraction of sp³-hybridized carbons (Fsp3) is 0.444. The molecule has 0 radical (unpaired) electrons. The first-order valence-electron chi connectivity index (χ1n) is 8.39. The third-order valence-corrected chi connectivity index (χ3v) is 4.99. The lowest BCUT2D eigenvalue weighted by Crippen LogP contribution is -2.32. The van der Waals surface area contributed by atoms with Gasteiger partial charge in [0.25, 0.3) is 0 Å². The highest BCUT2D eigenvalue weighted by molar-refractivity contribution is 5.52. The molecule has 23 heavy (non-hydrogen) atoms. The molecule has 0 bridgehead atoms. The second-order valence-electron chi connectivity index (χ2n) is 6.37. The van der Waals surface area contributed by atoms with Gasteiger partial charge in [-0.1, -0.05) is 24.3 Å². The summed E-state index contributed by atoms with van der Waals surface area (Å²) < 4.78 is 0. The summed E-state index contributed by atoms with van der Waals surface area (Å²) in [5.41, 5.74) is 2.81. The van der Waals surface area contributed by atoms with Gasteiger partial charge in [0.05, 0.1) is 18.7 Å². The molecule has 0 spiro atoms. The highest BCUT2D eigenvalue weighted by Gasteiger charge is 2.26. The van der Waals surface area contributed by atoms with Crippen LogP contribution in [0, 0.1) is 0 Å². The van der Waals surface area contributed by atoms with Crippen molar-refractivity contribution in [2.75, 3.05) is 23.4 Å². The van der Waals surface area contributed by atoms with Crippen LogP contribution < -0.4 is 10.2 Å². The molecule has 0 unspecified atom stereocenters. The zero-order valence-electron chi connectivity index (χ0n) is 13.2. The average Bonchev–Trinajstić information content (AvgIpc) is 3.22. The Balaban J connectivity index is 1.53. The Morgan fingerprint density at radius 1 is 1.22 bits per heavy atom. The molecule has 1 saturated heterocycles. The van der Waals surface area contributed by atoms with Crippen LogP contribution in [0.15, 0.2) is 36.7 Å². The van der Waals surface area contributed by atoms with Crippen LogP contribution in [0.4, 0.5) is 11.6 Å². The Bertz CT molecular complexity index is 690. The average molecular weight is 310 g/mol. The first-order valence-corrected chi connectivity index (χ1v) is 8.39. The van der Waals surface area contributed by atoms with Crippen molar-refractivity contribution in [2.45, 2.75) is 37.8 Å². The molecule has 1 aromatic carbocycles. The van der Waals surface area contributed by atoms with E-state index in [1.807, 2.05) is 6.07 Å². The van der Waals surface area contributed by atoms with E-state index in [1.165, 1.54) is 11.1 Å². The second kappa shape index (κ2) is 6.16. The van der Waals surface area contributed by atoms with Crippen LogP contribution in [0.1, 0.15) is 36.4 Å². The molecular formula is C18H22N4O. The number of nitrogens with zero attached hydrogens (tertiary/aromatic N) is 3. The van der Waals surface area contributed by atoms with Crippen molar-refractivity contribution in [1.29, 1.82) is 0 Å². The number of aryl methyl sites for hydroxylation is 1. The normalized spacial score (nSPS) is 23.1. The van der Waals surface area contributed by atoms with Crippen LogP contribution in [0.3, 0.4) is 0 Å². The minimum atomic E-state index is 0.183. The Morgan fingerprint density at radius 3 is 3.04 bits per heavy atom. The van der Waals surface area contributed by atoms with E-state index in [2.05, 4.69) is 44.5 Å². The number of aliphatic hydroxyl groups excluding tert-OH is 1. The fourth-order valence-corrected chi connectivity index (χ4v) is 3.80. The predicted molar refractivity (Wildman–Crippen MR) is 90.6 cm³/mol. The number of hydrogen-bond acceptors (Lipinski definition) is 5. The summed E-state index contributed by atoms with van der Waals surface area (Å²) in [4.78, 5) is 11.0. The highest BCUT2D eigenvalue weighted by Crippen LogP contribution is 2.34. The lowest BCUT2D eigenvalue weighted by atomic mass is 10.1.